The predicted molar refractivity (Wildman–Crippen MR) is 120 cm³/mol. The highest BCUT2D eigenvalue weighted by Gasteiger charge is 2.17. The van der Waals surface area contributed by atoms with Gasteiger partial charge in [-0.05, 0) is 54.5 Å². The number of aryl methyl sites for hydroxylation is 2. The number of rotatable bonds is 9. The van der Waals surface area contributed by atoms with E-state index in [1.54, 1.807) is 0 Å². The van der Waals surface area contributed by atoms with Gasteiger partial charge < -0.3 is 4.42 Å². The standard InChI is InChI=1S/C27H30O/c1-4-6-9-19-24-20-26(28-21(24)3)25(14-5-2)27(22-15-10-7-11-16-22)23-17-12-8-13-18-23/h5,7-8,10-13,15-18,20H,2,4,6,9,14,19H2,1,3H3. The molecule has 144 valence electrons. The maximum absolute atomic E-state index is 6.28. The lowest BCUT2D eigenvalue weighted by Gasteiger charge is -2.14. The summed E-state index contributed by atoms with van der Waals surface area (Å²) >= 11 is 0. The summed E-state index contributed by atoms with van der Waals surface area (Å²) in [4.78, 5) is 0. The molecule has 0 saturated heterocycles. The van der Waals surface area contributed by atoms with Crippen LogP contribution in [0.5, 0.6) is 0 Å². The van der Waals surface area contributed by atoms with E-state index < -0.39 is 0 Å². The van der Waals surface area contributed by atoms with Crippen molar-refractivity contribution in [1.29, 1.82) is 0 Å². The van der Waals surface area contributed by atoms with Crippen LogP contribution in [0.25, 0.3) is 11.1 Å². The minimum Gasteiger partial charge on any atom is -0.461 e. The Morgan fingerprint density at radius 2 is 1.54 bits per heavy atom. The highest BCUT2D eigenvalue weighted by molar-refractivity contribution is 5.98. The zero-order valence-electron chi connectivity index (χ0n) is 17.1. The Kier molecular flexibility index (Phi) is 7.08. The van der Waals surface area contributed by atoms with E-state index in [0.717, 1.165) is 24.4 Å². The van der Waals surface area contributed by atoms with Gasteiger partial charge in [-0.25, -0.2) is 0 Å². The second-order valence-electron chi connectivity index (χ2n) is 7.23. The lowest BCUT2D eigenvalue weighted by atomic mass is 9.90. The largest absolute Gasteiger partial charge is 0.461 e. The average molecular weight is 371 g/mol. The number of hydrogen-bond acceptors (Lipinski definition) is 1. The van der Waals surface area contributed by atoms with Gasteiger partial charge in [0.15, 0.2) is 0 Å². The molecule has 3 aromatic rings. The fourth-order valence-electron chi connectivity index (χ4n) is 3.68. The minimum absolute atomic E-state index is 0.764. The quantitative estimate of drug-likeness (QED) is 0.276. The molecule has 2 aromatic carbocycles. The van der Waals surface area contributed by atoms with Gasteiger partial charge in [0, 0.05) is 5.57 Å². The van der Waals surface area contributed by atoms with E-state index in [-0.39, 0.29) is 0 Å². The van der Waals surface area contributed by atoms with Crippen LogP contribution in [0.15, 0.2) is 83.8 Å². The summed E-state index contributed by atoms with van der Waals surface area (Å²) in [5, 5.41) is 0. The number of benzene rings is 2. The molecule has 1 aromatic heterocycles. The van der Waals surface area contributed by atoms with Crippen molar-refractivity contribution in [1.82, 2.24) is 0 Å². The van der Waals surface area contributed by atoms with Gasteiger partial charge in [-0.2, -0.15) is 0 Å². The summed E-state index contributed by atoms with van der Waals surface area (Å²) in [6, 6.07) is 23.4. The summed E-state index contributed by atoms with van der Waals surface area (Å²) in [5.41, 5.74) is 6.14. The molecule has 28 heavy (non-hydrogen) atoms. The Morgan fingerprint density at radius 3 is 2.07 bits per heavy atom. The van der Waals surface area contributed by atoms with Gasteiger partial charge in [0.1, 0.15) is 11.5 Å². The Bertz CT molecular complexity index is 872. The Hall–Kier alpha value is -2.80. The summed E-state index contributed by atoms with van der Waals surface area (Å²) in [6.45, 7) is 8.33. The van der Waals surface area contributed by atoms with E-state index in [4.69, 9.17) is 4.42 Å². The van der Waals surface area contributed by atoms with Crippen LogP contribution in [0, 0.1) is 6.92 Å². The van der Waals surface area contributed by atoms with Crippen molar-refractivity contribution in [3.63, 3.8) is 0 Å². The molecule has 0 radical (unpaired) electrons. The van der Waals surface area contributed by atoms with Crippen LogP contribution in [0.3, 0.4) is 0 Å². The molecule has 0 bridgehead atoms. The number of furan rings is 1. The second kappa shape index (κ2) is 9.94. The Morgan fingerprint density at radius 1 is 0.929 bits per heavy atom. The third kappa shape index (κ3) is 4.72. The number of allylic oxidation sites excluding steroid dienone is 2. The van der Waals surface area contributed by atoms with Crippen LogP contribution in [-0.4, -0.2) is 0 Å². The van der Waals surface area contributed by atoms with Crippen molar-refractivity contribution in [3.8, 4) is 0 Å². The van der Waals surface area contributed by atoms with Gasteiger partial charge in [-0.3, -0.25) is 0 Å². The summed E-state index contributed by atoms with van der Waals surface area (Å²) < 4.78 is 6.28. The molecule has 3 rings (SSSR count). The van der Waals surface area contributed by atoms with Crippen LogP contribution in [0.2, 0.25) is 0 Å². The van der Waals surface area contributed by atoms with E-state index in [9.17, 15) is 0 Å². The molecule has 0 aliphatic rings. The maximum atomic E-state index is 6.28. The van der Waals surface area contributed by atoms with Crippen molar-refractivity contribution in [3.05, 3.63) is 108 Å². The van der Waals surface area contributed by atoms with Crippen molar-refractivity contribution in [2.24, 2.45) is 0 Å². The smallest absolute Gasteiger partial charge is 0.131 e. The lowest BCUT2D eigenvalue weighted by Crippen LogP contribution is -1.94. The molecular formula is C27H30O. The molecule has 1 heteroatoms. The monoisotopic (exact) mass is 370 g/mol. The first-order valence-corrected chi connectivity index (χ1v) is 10.3. The minimum atomic E-state index is 0.764. The third-order valence-corrected chi connectivity index (χ3v) is 5.14. The summed E-state index contributed by atoms with van der Waals surface area (Å²) in [6.07, 6.45) is 7.51. The molecule has 0 spiro atoms. The van der Waals surface area contributed by atoms with Crippen molar-refractivity contribution < 1.29 is 4.42 Å². The topological polar surface area (TPSA) is 13.1 Å². The second-order valence-corrected chi connectivity index (χ2v) is 7.23. The normalized spacial score (nSPS) is 10.6. The first-order valence-electron chi connectivity index (χ1n) is 10.3. The van der Waals surface area contributed by atoms with Crippen LogP contribution >= 0.6 is 0 Å². The predicted octanol–water partition coefficient (Wildman–Crippen LogP) is 7.86. The average Bonchev–Trinajstić information content (AvgIpc) is 3.10. The Balaban J connectivity index is 2.14. The van der Waals surface area contributed by atoms with Gasteiger partial charge in [-0.15, -0.1) is 6.58 Å². The molecular weight excluding hydrogens is 340 g/mol. The highest BCUT2D eigenvalue weighted by atomic mass is 16.3. The summed E-state index contributed by atoms with van der Waals surface area (Å²) in [7, 11) is 0. The van der Waals surface area contributed by atoms with Gasteiger partial charge in [-0.1, -0.05) is 86.5 Å². The van der Waals surface area contributed by atoms with Crippen LogP contribution in [-0.2, 0) is 6.42 Å². The molecule has 0 amide bonds. The van der Waals surface area contributed by atoms with Crippen molar-refractivity contribution >= 4 is 11.1 Å². The molecule has 0 aliphatic heterocycles. The van der Waals surface area contributed by atoms with Crippen LogP contribution in [0.1, 0.15) is 60.8 Å². The molecule has 0 saturated carbocycles. The lowest BCUT2D eigenvalue weighted by molar-refractivity contribution is 0.515. The molecule has 0 aliphatic carbocycles. The van der Waals surface area contributed by atoms with Gasteiger partial charge in [0.2, 0.25) is 0 Å². The molecule has 0 atom stereocenters. The fraction of sp³-hybridized carbons (Fsp3) is 0.259. The highest BCUT2D eigenvalue weighted by Crippen LogP contribution is 2.36. The first-order chi connectivity index (χ1) is 13.7. The maximum Gasteiger partial charge on any atom is 0.131 e. The van der Waals surface area contributed by atoms with E-state index in [0.29, 0.717) is 0 Å². The van der Waals surface area contributed by atoms with Crippen molar-refractivity contribution in [2.75, 3.05) is 0 Å². The first kappa shape index (κ1) is 19.9. The molecule has 1 nitrogen and oxygen atoms in total. The fourth-order valence-corrected chi connectivity index (χ4v) is 3.68. The number of unbranched alkanes of at least 4 members (excludes halogenated alkanes) is 2. The van der Waals surface area contributed by atoms with Crippen LogP contribution in [0.4, 0.5) is 0 Å². The van der Waals surface area contributed by atoms with Crippen molar-refractivity contribution in [2.45, 2.75) is 46.0 Å². The Labute approximate surface area is 169 Å². The van der Waals surface area contributed by atoms with E-state index in [1.165, 1.54) is 47.1 Å². The van der Waals surface area contributed by atoms with E-state index in [2.05, 4.69) is 87.2 Å². The van der Waals surface area contributed by atoms with Gasteiger partial charge in [0.05, 0.1) is 0 Å². The molecule has 0 N–H and O–H groups in total. The third-order valence-electron chi connectivity index (χ3n) is 5.14. The zero-order valence-corrected chi connectivity index (χ0v) is 17.1. The van der Waals surface area contributed by atoms with E-state index in [1.807, 2.05) is 6.08 Å². The summed E-state index contributed by atoms with van der Waals surface area (Å²) in [5.74, 6) is 2.00. The van der Waals surface area contributed by atoms with Gasteiger partial charge in [0.25, 0.3) is 0 Å². The molecule has 0 unspecified atom stereocenters. The van der Waals surface area contributed by atoms with E-state index >= 15 is 0 Å². The molecule has 1 heterocycles. The van der Waals surface area contributed by atoms with Crippen LogP contribution < -0.4 is 0 Å². The SMILES string of the molecule is C=CCC(=C(c1ccccc1)c1ccccc1)c1cc(CCCCC)c(C)o1. The zero-order chi connectivity index (χ0) is 19.8. The number of hydrogen-bond donors (Lipinski definition) is 0. The van der Waals surface area contributed by atoms with Gasteiger partial charge >= 0.3 is 0 Å². The molecule has 0 fully saturated rings.